The molecule has 0 aromatic heterocycles. The highest BCUT2D eigenvalue weighted by atomic mass is 35.5. The molecular weight excluding hydrogens is 423 g/mol. The lowest BCUT2D eigenvalue weighted by Crippen LogP contribution is -2.17. The molecule has 0 aliphatic rings. The highest BCUT2D eigenvalue weighted by Crippen LogP contribution is 2.34. The largest absolute Gasteiger partial charge is 0.493 e. The zero-order valence-electron chi connectivity index (χ0n) is 16.9. The van der Waals surface area contributed by atoms with Crippen molar-refractivity contribution >= 4 is 17.3 Å². The van der Waals surface area contributed by atoms with Gasteiger partial charge in [0.15, 0.2) is 11.5 Å². The van der Waals surface area contributed by atoms with Gasteiger partial charge < -0.3 is 14.8 Å². The molecule has 3 aromatic rings. The SMILES string of the molecule is COc1cc(CNCCc2ccccc2F)c(Cl)cc1OCc1ccc([N+](=O)[O-])cc1. The van der Waals surface area contributed by atoms with Gasteiger partial charge in [0, 0.05) is 29.8 Å². The molecule has 0 aliphatic heterocycles. The molecule has 0 unspecified atom stereocenters. The molecule has 0 amide bonds. The van der Waals surface area contributed by atoms with Gasteiger partial charge in [-0.05, 0) is 53.9 Å². The minimum Gasteiger partial charge on any atom is -0.493 e. The van der Waals surface area contributed by atoms with E-state index in [4.69, 9.17) is 21.1 Å². The van der Waals surface area contributed by atoms with Gasteiger partial charge in [0.05, 0.1) is 12.0 Å². The van der Waals surface area contributed by atoms with Crippen molar-refractivity contribution in [2.24, 2.45) is 0 Å². The van der Waals surface area contributed by atoms with Crippen molar-refractivity contribution in [3.8, 4) is 11.5 Å². The van der Waals surface area contributed by atoms with Crippen molar-refractivity contribution in [2.75, 3.05) is 13.7 Å². The normalized spacial score (nSPS) is 10.7. The molecule has 0 saturated heterocycles. The van der Waals surface area contributed by atoms with Crippen LogP contribution in [0.2, 0.25) is 5.02 Å². The Morgan fingerprint density at radius 2 is 1.81 bits per heavy atom. The summed E-state index contributed by atoms with van der Waals surface area (Å²) in [5.74, 6) is 0.789. The lowest BCUT2D eigenvalue weighted by atomic mass is 10.1. The summed E-state index contributed by atoms with van der Waals surface area (Å²) >= 11 is 6.41. The second-order valence-electron chi connectivity index (χ2n) is 6.82. The number of benzene rings is 3. The van der Waals surface area contributed by atoms with Crippen LogP contribution in [0, 0.1) is 15.9 Å². The highest BCUT2D eigenvalue weighted by Gasteiger charge is 2.12. The first kappa shape index (κ1) is 22.5. The smallest absolute Gasteiger partial charge is 0.269 e. The number of non-ortho nitro benzene ring substituents is 1. The molecule has 6 nitrogen and oxygen atoms in total. The van der Waals surface area contributed by atoms with Crippen molar-refractivity contribution in [1.82, 2.24) is 5.32 Å². The molecular formula is C23H22ClFN2O4. The number of hydrogen-bond donors (Lipinski definition) is 1. The van der Waals surface area contributed by atoms with E-state index in [0.717, 1.165) is 11.1 Å². The maximum atomic E-state index is 13.7. The van der Waals surface area contributed by atoms with Gasteiger partial charge in [0.1, 0.15) is 12.4 Å². The van der Waals surface area contributed by atoms with Crippen LogP contribution in [0.3, 0.4) is 0 Å². The molecule has 162 valence electrons. The summed E-state index contributed by atoms with van der Waals surface area (Å²) in [6, 6.07) is 16.3. The first-order valence-corrected chi connectivity index (χ1v) is 10.0. The molecule has 3 aromatic carbocycles. The van der Waals surface area contributed by atoms with Gasteiger partial charge in [-0.3, -0.25) is 10.1 Å². The topological polar surface area (TPSA) is 73.6 Å². The van der Waals surface area contributed by atoms with Gasteiger partial charge in [-0.2, -0.15) is 0 Å². The fourth-order valence-corrected chi connectivity index (χ4v) is 3.23. The van der Waals surface area contributed by atoms with E-state index >= 15 is 0 Å². The second-order valence-corrected chi connectivity index (χ2v) is 7.23. The molecule has 0 aliphatic carbocycles. The van der Waals surface area contributed by atoms with Gasteiger partial charge in [-0.25, -0.2) is 4.39 Å². The molecule has 0 fully saturated rings. The number of nitro benzene ring substituents is 1. The Labute approximate surface area is 184 Å². The second kappa shape index (κ2) is 10.7. The van der Waals surface area contributed by atoms with E-state index in [1.165, 1.54) is 25.3 Å². The van der Waals surface area contributed by atoms with Crippen LogP contribution in [-0.2, 0) is 19.6 Å². The molecule has 0 heterocycles. The molecule has 1 N–H and O–H groups in total. The summed E-state index contributed by atoms with van der Waals surface area (Å²) in [5, 5.41) is 14.5. The Morgan fingerprint density at radius 1 is 1.06 bits per heavy atom. The highest BCUT2D eigenvalue weighted by molar-refractivity contribution is 6.31. The summed E-state index contributed by atoms with van der Waals surface area (Å²) in [7, 11) is 1.54. The van der Waals surface area contributed by atoms with E-state index in [9.17, 15) is 14.5 Å². The van der Waals surface area contributed by atoms with Crippen LogP contribution in [-0.4, -0.2) is 18.6 Å². The van der Waals surface area contributed by atoms with E-state index in [2.05, 4.69) is 5.32 Å². The number of nitro groups is 1. The molecule has 0 atom stereocenters. The summed E-state index contributed by atoms with van der Waals surface area (Å²) in [6.07, 6.45) is 0.567. The van der Waals surface area contributed by atoms with Gasteiger partial charge in [0.25, 0.3) is 5.69 Å². The third-order valence-electron chi connectivity index (χ3n) is 4.72. The van der Waals surface area contributed by atoms with Gasteiger partial charge in [-0.15, -0.1) is 0 Å². The monoisotopic (exact) mass is 444 g/mol. The minimum absolute atomic E-state index is 0.0243. The number of methoxy groups -OCH3 is 1. The standard InChI is InChI=1S/C23H22ClFN2O4/c1-30-22-12-18(14-26-11-10-17-4-2-3-5-21(17)25)20(24)13-23(22)31-15-16-6-8-19(9-7-16)27(28)29/h2-9,12-13,26H,10-11,14-15H2,1H3. The Hall–Kier alpha value is -3.16. The molecule has 0 bridgehead atoms. The van der Waals surface area contributed by atoms with E-state index < -0.39 is 4.92 Å². The fraction of sp³-hybridized carbons (Fsp3) is 0.217. The number of rotatable bonds is 10. The average molecular weight is 445 g/mol. The van der Waals surface area contributed by atoms with Crippen LogP contribution in [0.25, 0.3) is 0 Å². The molecule has 0 spiro atoms. The third-order valence-corrected chi connectivity index (χ3v) is 5.07. The molecule has 0 saturated carbocycles. The van der Waals surface area contributed by atoms with Gasteiger partial charge >= 0.3 is 0 Å². The number of halogens is 2. The predicted molar refractivity (Wildman–Crippen MR) is 117 cm³/mol. The fourth-order valence-electron chi connectivity index (χ4n) is 3.01. The van der Waals surface area contributed by atoms with E-state index in [1.54, 1.807) is 36.4 Å². The molecule has 31 heavy (non-hydrogen) atoms. The summed E-state index contributed by atoms with van der Waals surface area (Å²) in [4.78, 5) is 10.3. The van der Waals surface area contributed by atoms with Crippen LogP contribution in [0.4, 0.5) is 10.1 Å². The van der Waals surface area contributed by atoms with Crippen LogP contribution < -0.4 is 14.8 Å². The number of nitrogens with zero attached hydrogens (tertiary/aromatic N) is 1. The predicted octanol–water partition coefficient (Wildman–Crippen LogP) is 5.31. The van der Waals surface area contributed by atoms with Crippen molar-refractivity contribution in [1.29, 1.82) is 0 Å². The van der Waals surface area contributed by atoms with Crippen LogP contribution in [0.5, 0.6) is 11.5 Å². The summed E-state index contributed by atoms with van der Waals surface area (Å²) in [5.41, 5.74) is 2.29. The van der Waals surface area contributed by atoms with Gasteiger partial charge in [0.2, 0.25) is 0 Å². The average Bonchev–Trinajstić information content (AvgIpc) is 2.77. The maximum Gasteiger partial charge on any atom is 0.269 e. The van der Waals surface area contributed by atoms with Crippen molar-refractivity contribution < 1.29 is 18.8 Å². The lowest BCUT2D eigenvalue weighted by Gasteiger charge is -2.14. The van der Waals surface area contributed by atoms with Crippen LogP contribution >= 0.6 is 11.6 Å². The van der Waals surface area contributed by atoms with Gasteiger partial charge in [-0.1, -0.05) is 29.8 Å². The van der Waals surface area contributed by atoms with Crippen molar-refractivity contribution in [2.45, 2.75) is 19.6 Å². The molecule has 3 rings (SSSR count). The Balaban J connectivity index is 1.58. The zero-order valence-corrected chi connectivity index (χ0v) is 17.7. The maximum absolute atomic E-state index is 13.7. The van der Waals surface area contributed by atoms with E-state index in [0.29, 0.717) is 41.6 Å². The van der Waals surface area contributed by atoms with Crippen LogP contribution in [0.1, 0.15) is 16.7 Å². The number of nitrogens with one attached hydrogen (secondary N) is 1. The Kier molecular flexibility index (Phi) is 7.81. The molecule has 0 radical (unpaired) electrons. The Bertz CT molecular complexity index is 1040. The lowest BCUT2D eigenvalue weighted by molar-refractivity contribution is -0.384. The van der Waals surface area contributed by atoms with Crippen molar-refractivity contribution in [3.63, 3.8) is 0 Å². The summed E-state index contributed by atoms with van der Waals surface area (Å²) in [6.45, 7) is 1.30. The third kappa shape index (κ3) is 6.16. The van der Waals surface area contributed by atoms with Crippen molar-refractivity contribution in [3.05, 3.63) is 98.3 Å². The quantitative estimate of drug-likeness (QED) is 0.261. The molecule has 8 heteroatoms. The zero-order chi connectivity index (χ0) is 22.2. The van der Waals surface area contributed by atoms with E-state index in [1.807, 2.05) is 6.07 Å². The first-order valence-electron chi connectivity index (χ1n) is 9.64. The first-order chi connectivity index (χ1) is 15.0. The minimum atomic E-state index is -0.448. The van der Waals surface area contributed by atoms with Crippen LogP contribution in [0.15, 0.2) is 60.7 Å². The van der Waals surface area contributed by atoms with E-state index in [-0.39, 0.29) is 18.1 Å². The number of hydrogen-bond acceptors (Lipinski definition) is 5. The number of ether oxygens (including phenoxy) is 2. The Morgan fingerprint density at radius 3 is 2.48 bits per heavy atom. The summed E-state index contributed by atoms with van der Waals surface area (Å²) < 4.78 is 24.9.